The van der Waals surface area contributed by atoms with Crippen molar-refractivity contribution in [2.45, 2.75) is 88.8 Å². The van der Waals surface area contributed by atoms with Crippen LogP contribution in [0.4, 0.5) is 0 Å². The van der Waals surface area contributed by atoms with Gasteiger partial charge in [-0.1, -0.05) is 32.1 Å². The van der Waals surface area contributed by atoms with Crippen molar-refractivity contribution in [3.8, 4) is 0 Å². The Morgan fingerprint density at radius 3 is 2.21 bits per heavy atom. The second-order valence-corrected chi connectivity index (χ2v) is 6.86. The van der Waals surface area contributed by atoms with Gasteiger partial charge in [0.1, 0.15) is 0 Å². The highest BCUT2D eigenvalue weighted by Crippen LogP contribution is 2.42. The van der Waals surface area contributed by atoms with Crippen LogP contribution in [-0.4, -0.2) is 23.3 Å². The molecule has 19 heavy (non-hydrogen) atoms. The van der Waals surface area contributed by atoms with E-state index in [1.54, 1.807) is 0 Å². The maximum absolute atomic E-state index is 10.3. The van der Waals surface area contributed by atoms with E-state index in [0.717, 1.165) is 12.8 Å². The van der Waals surface area contributed by atoms with E-state index in [9.17, 15) is 5.11 Å². The highest BCUT2D eigenvalue weighted by molar-refractivity contribution is 4.93. The van der Waals surface area contributed by atoms with Crippen LogP contribution in [0.25, 0.3) is 0 Å². The lowest BCUT2D eigenvalue weighted by Crippen LogP contribution is -2.42. The molecule has 0 spiro atoms. The molecule has 0 aliphatic heterocycles. The zero-order valence-electron chi connectivity index (χ0n) is 12.0. The number of rotatable bonds is 2. The number of hydrogen-bond donors (Lipinski definition) is 1. The number of fused-ring (bicyclic) bond motifs is 1. The molecule has 0 heterocycles. The van der Waals surface area contributed by atoms with Crippen molar-refractivity contribution in [3.05, 3.63) is 0 Å². The smallest absolute Gasteiger partial charge is 0.0763 e. The van der Waals surface area contributed by atoms with Gasteiger partial charge in [0.05, 0.1) is 18.2 Å². The number of nitrogens with zero attached hydrogens (tertiary/aromatic N) is 2. The number of azo groups is 1. The van der Waals surface area contributed by atoms with Crippen molar-refractivity contribution in [1.82, 2.24) is 0 Å². The molecule has 3 heteroatoms. The number of aliphatic hydroxyl groups is 1. The van der Waals surface area contributed by atoms with Crippen molar-refractivity contribution in [2.24, 2.45) is 22.1 Å². The first-order chi connectivity index (χ1) is 9.34. The summed E-state index contributed by atoms with van der Waals surface area (Å²) in [5.74, 6) is 1.13. The number of aliphatic hydroxyl groups excluding tert-OH is 1. The minimum absolute atomic E-state index is 0.116. The molecule has 4 unspecified atom stereocenters. The Hall–Kier alpha value is -0.440. The fraction of sp³-hybridized carbons (Fsp3) is 1.00. The van der Waals surface area contributed by atoms with Crippen molar-refractivity contribution in [2.75, 3.05) is 0 Å². The molecule has 3 rings (SSSR count). The summed E-state index contributed by atoms with van der Waals surface area (Å²) in [5.41, 5.74) is 0. The lowest BCUT2D eigenvalue weighted by molar-refractivity contribution is -0.00219. The van der Waals surface area contributed by atoms with Gasteiger partial charge in [0.15, 0.2) is 0 Å². The van der Waals surface area contributed by atoms with Gasteiger partial charge >= 0.3 is 0 Å². The van der Waals surface area contributed by atoms with Crippen LogP contribution in [0.2, 0.25) is 0 Å². The van der Waals surface area contributed by atoms with E-state index in [1.807, 2.05) is 0 Å². The Bertz CT molecular complexity index is 310. The van der Waals surface area contributed by atoms with E-state index in [-0.39, 0.29) is 6.10 Å². The lowest BCUT2D eigenvalue weighted by Gasteiger charge is -2.42. The Morgan fingerprint density at radius 1 is 0.684 bits per heavy atom. The Kier molecular flexibility index (Phi) is 4.52. The Labute approximate surface area is 116 Å². The van der Waals surface area contributed by atoms with Gasteiger partial charge in [-0.3, -0.25) is 0 Å². The Balaban J connectivity index is 1.63. The summed E-state index contributed by atoms with van der Waals surface area (Å²) in [7, 11) is 0. The van der Waals surface area contributed by atoms with Crippen LogP contribution in [0.5, 0.6) is 0 Å². The summed E-state index contributed by atoms with van der Waals surface area (Å²) in [6.45, 7) is 0. The quantitative estimate of drug-likeness (QED) is 0.750. The molecule has 4 atom stereocenters. The first-order valence-electron chi connectivity index (χ1n) is 8.42. The molecule has 0 aromatic heterocycles. The molecule has 0 saturated heterocycles. The predicted molar refractivity (Wildman–Crippen MR) is 76.2 cm³/mol. The maximum Gasteiger partial charge on any atom is 0.0763 e. The summed E-state index contributed by atoms with van der Waals surface area (Å²) in [4.78, 5) is 0. The largest absolute Gasteiger partial charge is 0.393 e. The summed E-state index contributed by atoms with van der Waals surface area (Å²) in [6, 6.07) is 0.797. The zero-order valence-corrected chi connectivity index (χ0v) is 12.0. The predicted octanol–water partition coefficient (Wildman–Crippen LogP) is 4.10. The molecule has 3 saturated carbocycles. The van der Waals surface area contributed by atoms with Gasteiger partial charge in [-0.2, -0.15) is 10.2 Å². The van der Waals surface area contributed by atoms with Crippen molar-refractivity contribution < 1.29 is 5.11 Å². The molecule has 3 fully saturated rings. The third-order valence-corrected chi connectivity index (χ3v) is 5.54. The SMILES string of the molecule is OC1CCCC2CCCC(N=NC3CCCCC3)C12. The van der Waals surface area contributed by atoms with Gasteiger partial charge < -0.3 is 5.11 Å². The molecular formula is C16H28N2O. The molecule has 108 valence electrons. The standard InChI is InChI=1S/C16H28N2O/c19-15-11-5-7-12-6-4-10-14(16(12)15)18-17-13-8-2-1-3-9-13/h12-16,19H,1-11H2. The van der Waals surface area contributed by atoms with Crippen LogP contribution in [-0.2, 0) is 0 Å². The third-order valence-electron chi connectivity index (χ3n) is 5.54. The van der Waals surface area contributed by atoms with E-state index in [4.69, 9.17) is 5.11 Å². The molecule has 0 aromatic carbocycles. The van der Waals surface area contributed by atoms with Crippen LogP contribution >= 0.6 is 0 Å². The van der Waals surface area contributed by atoms with Crippen LogP contribution in [0.1, 0.15) is 70.6 Å². The summed E-state index contributed by atoms with van der Waals surface area (Å²) in [6.07, 6.45) is 13.6. The first kappa shape index (κ1) is 13.5. The summed E-state index contributed by atoms with van der Waals surface area (Å²) >= 11 is 0. The van der Waals surface area contributed by atoms with Gasteiger partial charge in [-0.25, -0.2) is 0 Å². The minimum atomic E-state index is -0.116. The average molecular weight is 264 g/mol. The van der Waals surface area contributed by atoms with E-state index in [1.165, 1.54) is 57.8 Å². The summed E-state index contributed by atoms with van der Waals surface area (Å²) in [5, 5.41) is 19.7. The van der Waals surface area contributed by atoms with Crippen molar-refractivity contribution >= 4 is 0 Å². The van der Waals surface area contributed by atoms with Crippen LogP contribution in [0.3, 0.4) is 0 Å². The van der Waals surface area contributed by atoms with Crippen LogP contribution < -0.4 is 0 Å². The molecule has 1 N–H and O–H groups in total. The van der Waals surface area contributed by atoms with Gasteiger partial charge in [0, 0.05) is 5.92 Å². The normalized spacial score (nSPS) is 41.3. The lowest BCUT2D eigenvalue weighted by atomic mass is 9.67. The Morgan fingerprint density at radius 2 is 1.42 bits per heavy atom. The average Bonchev–Trinajstić information content (AvgIpc) is 2.46. The first-order valence-corrected chi connectivity index (χ1v) is 8.42. The topological polar surface area (TPSA) is 45.0 Å². The number of hydrogen-bond acceptors (Lipinski definition) is 3. The molecule has 3 aliphatic rings. The fourth-order valence-electron chi connectivity index (χ4n) is 4.49. The summed E-state index contributed by atoms with van der Waals surface area (Å²) < 4.78 is 0. The molecule has 0 radical (unpaired) electrons. The van der Waals surface area contributed by atoms with Crippen molar-refractivity contribution in [1.29, 1.82) is 0 Å². The fourth-order valence-corrected chi connectivity index (χ4v) is 4.49. The molecular weight excluding hydrogens is 236 g/mol. The zero-order chi connectivity index (χ0) is 13.1. The van der Waals surface area contributed by atoms with Gasteiger partial charge in [-0.05, 0) is 44.4 Å². The van der Waals surface area contributed by atoms with Crippen LogP contribution in [0, 0.1) is 11.8 Å². The van der Waals surface area contributed by atoms with Crippen LogP contribution in [0.15, 0.2) is 10.2 Å². The maximum atomic E-state index is 10.3. The molecule has 3 aliphatic carbocycles. The minimum Gasteiger partial charge on any atom is -0.393 e. The highest BCUT2D eigenvalue weighted by Gasteiger charge is 2.40. The van der Waals surface area contributed by atoms with E-state index in [2.05, 4.69) is 5.11 Å². The van der Waals surface area contributed by atoms with Crippen molar-refractivity contribution in [3.63, 3.8) is 0 Å². The highest BCUT2D eigenvalue weighted by atomic mass is 16.3. The molecule has 0 aromatic rings. The molecule has 0 bridgehead atoms. The second-order valence-electron chi connectivity index (χ2n) is 6.86. The third kappa shape index (κ3) is 3.18. The van der Waals surface area contributed by atoms with Gasteiger partial charge in [-0.15, -0.1) is 0 Å². The molecule has 0 amide bonds. The van der Waals surface area contributed by atoms with E-state index in [0.29, 0.717) is 23.9 Å². The van der Waals surface area contributed by atoms with E-state index < -0.39 is 0 Å². The van der Waals surface area contributed by atoms with E-state index >= 15 is 0 Å². The van der Waals surface area contributed by atoms with Gasteiger partial charge in [0.2, 0.25) is 0 Å². The van der Waals surface area contributed by atoms with Gasteiger partial charge in [0.25, 0.3) is 0 Å². The second kappa shape index (κ2) is 6.34. The monoisotopic (exact) mass is 264 g/mol. The molecule has 3 nitrogen and oxygen atoms in total.